The maximum atomic E-state index is 5.82. The average molecular weight is 228 g/mol. The molecule has 15 heavy (non-hydrogen) atoms. The highest BCUT2D eigenvalue weighted by molar-refractivity contribution is 7.32. The second kappa shape index (κ2) is 5.01. The van der Waals surface area contributed by atoms with E-state index in [4.69, 9.17) is 13.7 Å². The van der Waals surface area contributed by atoms with Crippen LogP contribution in [-0.4, -0.2) is 33.0 Å². The summed E-state index contributed by atoms with van der Waals surface area (Å²) in [6, 6.07) is 0. The van der Waals surface area contributed by atoms with Gasteiger partial charge in [-0.2, -0.15) is 0 Å². The topological polar surface area (TPSA) is 27.7 Å². The van der Waals surface area contributed by atoms with E-state index in [9.17, 15) is 0 Å². The van der Waals surface area contributed by atoms with E-state index in [-0.39, 0.29) is 11.2 Å². The van der Waals surface area contributed by atoms with Gasteiger partial charge < -0.3 is 13.7 Å². The summed E-state index contributed by atoms with van der Waals surface area (Å²) in [7, 11) is 1.87. The highest BCUT2D eigenvalue weighted by atomic mass is 31.1. The molecule has 0 spiro atoms. The summed E-state index contributed by atoms with van der Waals surface area (Å²) < 4.78 is 16.9. The van der Waals surface area contributed by atoms with Crippen molar-refractivity contribution in [3.8, 4) is 0 Å². The first-order chi connectivity index (χ1) is 6.95. The summed E-state index contributed by atoms with van der Waals surface area (Å²) in [5.41, 5.74) is -0.638. The van der Waals surface area contributed by atoms with Gasteiger partial charge in [0.25, 0.3) is 0 Å². The quantitative estimate of drug-likeness (QED) is 0.536. The first-order valence-corrected chi connectivity index (χ1v) is 6.65. The number of hydrogen-bond acceptors (Lipinski definition) is 3. The smallest absolute Gasteiger partial charge is 0.378 e. The third-order valence-corrected chi connectivity index (χ3v) is 3.41. The lowest BCUT2D eigenvalue weighted by Gasteiger charge is -2.35. The molecule has 0 radical (unpaired) electrons. The molecule has 1 aliphatic rings. The summed E-state index contributed by atoms with van der Waals surface area (Å²) in [6.07, 6.45) is 2.94. The first kappa shape index (κ1) is 13.2. The van der Waals surface area contributed by atoms with Gasteiger partial charge in [-0.05, 0) is 42.7 Å². The minimum atomic E-state index is -0.515. The molecule has 1 rings (SSSR count). The maximum Gasteiger partial charge on any atom is 0.643 e. The van der Waals surface area contributed by atoms with Gasteiger partial charge in [0.2, 0.25) is 0 Å². The Balaban J connectivity index is 2.71. The van der Waals surface area contributed by atoms with E-state index in [1.165, 1.54) is 0 Å². The third kappa shape index (κ3) is 2.85. The van der Waals surface area contributed by atoms with E-state index in [2.05, 4.69) is 13.0 Å². The highest BCUT2D eigenvalue weighted by Crippen LogP contribution is 2.41. The van der Waals surface area contributed by atoms with Crippen LogP contribution in [0.3, 0.4) is 0 Å². The van der Waals surface area contributed by atoms with Crippen molar-refractivity contribution in [1.82, 2.24) is 0 Å². The molecule has 0 aromatic heterocycles. The lowest BCUT2D eigenvalue weighted by atomic mass is 9.84. The van der Waals surface area contributed by atoms with E-state index < -0.39 is 7.32 Å². The van der Waals surface area contributed by atoms with Crippen molar-refractivity contribution in [2.24, 2.45) is 0 Å². The Hall–Kier alpha value is 0.180. The Bertz CT molecular complexity index is 248. The molecule has 0 aromatic carbocycles. The van der Waals surface area contributed by atoms with Gasteiger partial charge in [0.05, 0.1) is 11.2 Å². The Labute approximate surface area is 95.4 Å². The van der Waals surface area contributed by atoms with Crippen molar-refractivity contribution < 1.29 is 13.7 Å². The monoisotopic (exact) mass is 228 g/mol. The maximum absolute atomic E-state index is 5.82. The summed E-state index contributed by atoms with van der Waals surface area (Å²) in [4.78, 5) is 0. The number of rotatable bonds is 4. The van der Waals surface area contributed by atoms with Crippen molar-refractivity contribution in [3.63, 3.8) is 0 Å². The summed E-state index contributed by atoms with van der Waals surface area (Å²) in [5.74, 6) is 2.03. The second-order valence-electron chi connectivity index (χ2n) is 4.36. The summed E-state index contributed by atoms with van der Waals surface area (Å²) >= 11 is 0. The van der Waals surface area contributed by atoms with Gasteiger partial charge in [-0.3, -0.25) is 0 Å². The van der Waals surface area contributed by atoms with Crippen LogP contribution in [-0.2, 0) is 13.7 Å². The largest absolute Gasteiger partial charge is 0.643 e. The Morgan fingerprint density at radius 1 is 1.40 bits per heavy atom. The molecule has 2 unspecified atom stereocenters. The zero-order chi connectivity index (χ0) is 11.5. The Morgan fingerprint density at radius 2 is 2.07 bits per heavy atom. The lowest BCUT2D eigenvalue weighted by molar-refractivity contribution is -0.00673. The molecular weight excluding hydrogens is 209 g/mol. The average Bonchev–Trinajstić information content (AvgIpc) is 2.35. The van der Waals surface area contributed by atoms with Crippen LogP contribution in [0, 0.1) is 0 Å². The Morgan fingerprint density at radius 3 is 2.60 bits per heavy atom. The van der Waals surface area contributed by atoms with Crippen LogP contribution in [0.4, 0.5) is 0 Å². The van der Waals surface area contributed by atoms with Crippen LogP contribution in [0.15, 0.2) is 12.1 Å². The van der Waals surface area contributed by atoms with Crippen LogP contribution in [0.5, 0.6) is 0 Å². The zero-order valence-electron chi connectivity index (χ0n) is 10.2. The van der Waals surface area contributed by atoms with Gasteiger partial charge in [0.15, 0.2) is 0 Å². The molecule has 0 bridgehead atoms. The van der Waals surface area contributed by atoms with Crippen molar-refractivity contribution in [2.75, 3.05) is 6.66 Å². The standard InChI is InChI=1S/C9H19B2O3P/c1-8(2)9(3,6-5-7-10)13-11(12-8)14-15-4/h5,7,15H,6,10H2,1-4H3/b7-5+. The molecule has 0 aliphatic carbocycles. The molecule has 3 nitrogen and oxygen atoms in total. The van der Waals surface area contributed by atoms with Gasteiger partial charge in [-0.25, -0.2) is 0 Å². The fraction of sp³-hybridized carbons (Fsp3) is 0.778. The molecule has 1 heterocycles. The van der Waals surface area contributed by atoms with Crippen molar-refractivity contribution in [2.45, 2.75) is 38.4 Å². The molecule has 0 amide bonds. The molecule has 0 saturated carbocycles. The lowest BCUT2D eigenvalue weighted by Crippen LogP contribution is -2.44. The van der Waals surface area contributed by atoms with Gasteiger partial charge in [0.1, 0.15) is 7.85 Å². The molecule has 0 aromatic rings. The van der Waals surface area contributed by atoms with Gasteiger partial charge >= 0.3 is 7.32 Å². The van der Waals surface area contributed by atoms with Gasteiger partial charge in [-0.15, -0.1) is 5.98 Å². The molecule has 1 fully saturated rings. The van der Waals surface area contributed by atoms with E-state index >= 15 is 0 Å². The fourth-order valence-electron chi connectivity index (χ4n) is 1.52. The number of hydrogen-bond donors (Lipinski definition) is 0. The van der Waals surface area contributed by atoms with E-state index in [1.54, 1.807) is 0 Å². The third-order valence-electron chi connectivity index (χ3n) is 2.98. The minimum absolute atomic E-state index is 0.316. The van der Waals surface area contributed by atoms with E-state index in [0.717, 1.165) is 6.42 Å². The fourth-order valence-corrected chi connectivity index (χ4v) is 1.81. The van der Waals surface area contributed by atoms with E-state index in [1.807, 2.05) is 34.3 Å². The molecule has 1 aliphatic heterocycles. The second-order valence-corrected chi connectivity index (χ2v) is 5.00. The predicted octanol–water partition coefficient (Wildman–Crippen LogP) is 1.33. The van der Waals surface area contributed by atoms with Crippen LogP contribution < -0.4 is 0 Å². The van der Waals surface area contributed by atoms with Gasteiger partial charge in [-0.1, -0.05) is 6.08 Å². The molecule has 1 saturated heterocycles. The van der Waals surface area contributed by atoms with Crippen molar-refractivity contribution in [3.05, 3.63) is 12.1 Å². The SMILES string of the molecule is B/C=C/CC1(C)OB(OPC)OC1(C)C. The van der Waals surface area contributed by atoms with Crippen LogP contribution in [0.25, 0.3) is 0 Å². The molecule has 84 valence electrons. The normalized spacial score (nSPS) is 31.1. The van der Waals surface area contributed by atoms with Crippen LogP contribution >= 0.6 is 8.81 Å². The zero-order valence-corrected chi connectivity index (χ0v) is 11.2. The molecular formula is C9H19B2O3P. The highest BCUT2D eigenvalue weighted by Gasteiger charge is 2.54. The summed E-state index contributed by atoms with van der Waals surface area (Å²) in [5, 5.41) is 0. The van der Waals surface area contributed by atoms with Crippen LogP contribution in [0.1, 0.15) is 27.2 Å². The van der Waals surface area contributed by atoms with Crippen molar-refractivity contribution in [1.29, 1.82) is 0 Å². The van der Waals surface area contributed by atoms with Crippen molar-refractivity contribution >= 4 is 24.0 Å². The minimum Gasteiger partial charge on any atom is -0.378 e. The molecule has 0 N–H and O–H groups in total. The molecule has 6 heteroatoms. The Kier molecular flexibility index (Phi) is 4.42. The predicted molar refractivity (Wildman–Crippen MR) is 68.0 cm³/mol. The molecule has 2 atom stereocenters. The van der Waals surface area contributed by atoms with Gasteiger partial charge in [0, 0.05) is 0 Å². The summed E-state index contributed by atoms with van der Waals surface area (Å²) in [6.45, 7) is 8.10. The first-order valence-electron chi connectivity index (χ1n) is 5.24. The van der Waals surface area contributed by atoms with E-state index in [0.29, 0.717) is 8.81 Å². The van der Waals surface area contributed by atoms with Crippen LogP contribution in [0.2, 0.25) is 0 Å².